The number of hydrogen-bond acceptors (Lipinski definition) is 3. The van der Waals surface area contributed by atoms with Crippen molar-refractivity contribution in [3.05, 3.63) is 0 Å². The lowest BCUT2D eigenvalue weighted by Crippen LogP contribution is -2.42. The summed E-state index contributed by atoms with van der Waals surface area (Å²) in [5, 5.41) is 2.55. The van der Waals surface area contributed by atoms with Crippen LogP contribution in [0.1, 0.15) is 19.8 Å². The molecule has 1 saturated heterocycles. The lowest BCUT2D eigenvalue weighted by molar-refractivity contribution is -0.175. The van der Waals surface area contributed by atoms with E-state index in [9.17, 15) is 18.0 Å². The molecule has 1 rings (SSSR count). The van der Waals surface area contributed by atoms with Crippen LogP contribution < -0.4 is 5.32 Å². The minimum absolute atomic E-state index is 0.0541. The van der Waals surface area contributed by atoms with Gasteiger partial charge in [-0.3, -0.25) is 4.79 Å². The van der Waals surface area contributed by atoms with Gasteiger partial charge in [0.25, 0.3) is 0 Å². The number of alkyl halides is 3. The number of hydrogen-bond donors (Lipinski definition) is 1. The topological polar surface area (TPSA) is 47.6 Å². The summed E-state index contributed by atoms with van der Waals surface area (Å²) in [6.07, 6.45) is -2.66. The second kappa shape index (κ2) is 6.20. The molecule has 1 amide bonds. The van der Waals surface area contributed by atoms with E-state index >= 15 is 0 Å². The van der Waals surface area contributed by atoms with Gasteiger partial charge >= 0.3 is 6.18 Å². The fraction of sp³-hybridized carbons (Fsp3) is 0.900. The van der Waals surface area contributed by atoms with Crippen molar-refractivity contribution in [1.29, 1.82) is 0 Å². The molecule has 0 bridgehead atoms. The van der Waals surface area contributed by atoms with Gasteiger partial charge < -0.3 is 14.8 Å². The predicted molar refractivity (Wildman–Crippen MR) is 53.5 cm³/mol. The van der Waals surface area contributed by atoms with Crippen molar-refractivity contribution in [2.45, 2.75) is 38.1 Å². The van der Waals surface area contributed by atoms with Crippen molar-refractivity contribution in [3.63, 3.8) is 0 Å². The average molecular weight is 255 g/mol. The maximum Gasteiger partial charge on any atom is 0.411 e. The second-order valence-corrected chi connectivity index (χ2v) is 4.02. The molecule has 2 atom stereocenters. The molecule has 1 aliphatic rings. The Balaban J connectivity index is 2.15. The van der Waals surface area contributed by atoms with E-state index in [2.05, 4.69) is 10.1 Å². The molecule has 7 heteroatoms. The van der Waals surface area contributed by atoms with Crippen LogP contribution in [-0.4, -0.2) is 44.0 Å². The maximum atomic E-state index is 11.7. The molecule has 0 saturated carbocycles. The maximum absolute atomic E-state index is 11.7. The van der Waals surface area contributed by atoms with Crippen molar-refractivity contribution in [3.8, 4) is 0 Å². The summed E-state index contributed by atoms with van der Waals surface area (Å²) in [6, 6.07) is -0.209. The normalized spacial score (nSPS) is 22.5. The molecule has 0 unspecified atom stereocenters. The van der Waals surface area contributed by atoms with Gasteiger partial charge in [-0.15, -0.1) is 0 Å². The van der Waals surface area contributed by atoms with Gasteiger partial charge in [0.05, 0.1) is 12.1 Å². The molecule has 17 heavy (non-hydrogen) atoms. The third kappa shape index (κ3) is 5.88. The number of ether oxygens (including phenoxy) is 2. The molecule has 1 N–H and O–H groups in total. The van der Waals surface area contributed by atoms with Crippen molar-refractivity contribution >= 4 is 5.91 Å². The highest BCUT2D eigenvalue weighted by Crippen LogP contribution is 2.16. The summed E-state index contributed by atoms with van der Waals surface area (Å²) in [5.41, 5.74) is 0. The van der Waals surface area contributed by atoms with Crippen LogP contribution in [-0.2, 0) is 14.3 Å². The van der Waals surface area contributed by atoms with Crippen LogP contribution in [0.5, 0.6) is 0 Å². The fourth-order valence-electron chi connectivity index (χ4n) is 1.64. The van der Waals surface area contributed by atoms with E-state index in [0.29, 0.717) is 6.61 Å². The molecule has 1 heterocycles. The second-order valence-electron chi connectivity index (χ2n) is 4.02. The smallest absolute Gasteiger partial charge is 0.376 e. The van der Waals surface area contributed by atoms with E-state index < -0.39 is 25.3 Å². The summed E-state index contributed by atoms with van der Waals surface area (Å²) in [5.74, 6) is -0.558. The van der Waals surface area contributed by atoms with Gasteiger partial charge in [-0.05, 0) is 19.8 Å². The van der Waals surface area contributed by atoms with Crippen molar-refractivity contribution in [2.24, 2.45) is 0 Å². The minimum atomic E-state index is -4.40. The molecule has 0 aromatic rings. The predicted octanol–water partition coefficient (Wildman–Crippen LogP) is 1.25. The highest BCUT2D eigenvalue weighted by atomic mass is 19.4. The zero-order valence-electron chi connectivity index (χ0n) is 9.55. The van der Waals surface area contributed by atoms with Gasteiger partial charge in [0, 0.05) is 6.61 Å². The fourth-order valence-corrected chi connectivity index (χ4v) is 1.64. The van der Waals surface area contributed by atoms with Crippen LogP contribution >= 0.6 is 0 Å². The Morgan fingerprint density at radius 3 is 2.82 bits per heavy atom. The van der Waals surface area contributed by atoms with Crippen LogP contribution in [0.25, 0.3) is 0 Å². The Kier molecular flexibility index (Phi) is 5.20. The van der Waals surface area contributed by atoms with Crippen molar-refractivity contribution in [2.75, 3.05) is 19.8 Å². The Morgan fingerprint density at radius 1 is 1.59 bits per heavy atom. The zero-order chi connectivity index (χ0) is 12.9. The molecule has 0 aromatic heterocycles. The largest absolute Gasteiger partial charge is 0.411 e. The molecule has 0 spiro atoms. The lowest BCUT2D eigenvalue weighted by Gasteiger charge is -2.20. The van der Waals surface area contributed by atoms with Crippen LogP contribution in [0.3, 0.4) is 0 Å². The van der Waals surface area contributed by atoms with Gasteiger partial charge in [-0.2, -0.15) is 13.2 Å². The Morgan fingerprint density at radius 2 is 2.29 bits per heavy atom. The van der Waals surface area contributed by atoms with Crippen LogP contribution in [0.15, 0.2) is 0 Å². The number of rotatable bonds is 5. The van der Waals surface area contributed by atoms with Crippen molar-refractivity contribution < 1.29 is 27.4 Å². The van der Waals surface area contributed by atoms with E-state index in [1.807, 2.05) is 0 Å². The first-order chi connectivity index (χ1) is 7.88. The number of halogens is 3. The summed E-state index contributed by atoms with van der Waals surface area (Å²) in [7, 11) is 0. The van der Waals surface area contributed by atoms with Gasteiger partial charge in [-0.1, -0.05) is 0 Å². The van der Waals surface area contributed by atoms with E-state index in [1.165, 1.54) is 0 Å². The SMILES string of the molecule is C[C@H](NC(=O)COCC(F)(F)F)[C@H]1CCCO1. The van der Waals surface area contributed by atoms with Gasteiger partial charge in [0.1, 0.15) is 13.2 Å². The first kappa shape index (κ1) is 14.2. The van der Waals surface area contributed by atoms with Crippen LogP contribution in [0.2, 0.25) is 0 Å². The molecule has 4 nitrogen and oxygen atoms in total. The number of amides is 1. The molecule has 100 valence electrons. The third-order valence-corrected chi connectivity index (χ3v) is 2.41. The Bertz CT molecular complexity index is 252. The molecule has 1 fully saturated rings. The molecular weight excluding hydrogens is 239 g/mol. The number of carbonyl (C=O) groups excluding carboxylic acids is 1. The third-order valence-electron chi connectivity index (χ3n) is 2.41. The zero-order valence-corrected chi connectivity index (χ0v) is 9.55. The van der Waals surface area contributed by atoms with E-state index in [0.717, 1.165) is 12.8 Å². The Hall–Kier alpha value is -0.820. The van der Waals surface area contributed by atoms with E-state index in [-0.39, 0.29) is 12.1 Å². The molecular formula is C10H16F3NO3. The summed E-state index contributed by atoms with van der Waals surface area (Å²) in [6.45, 7) is 0.429. The summed E-state index contributed by atoms with van der Waals surface area (Å²) in [4.78, 5) is 11.2. The van der Waals surface area contributed by atoms with Crippen molar-refractivity contribution in [1.82, 2.24) is 5.32 Å². The van der Waals surface area contributed by atoms with E-state index in [4.69, 9.17) is 4.74 Å². The average Bonchev–Trinajstić information content (AvgIpc) is 2.67. The lowest BCUT2D eigenvalue weighted by atomic mass is 10.1. The van der Waals surface area contributed by atoms with Gasteiger partial charge in [-0.25, -0.2) is 0 Å². The monoisotopic (exact) mass is 255 g/mol. The number of carbonyl (C=O) groups is 1. The minimum Gasteiger partial charge on any atom is -0.376 e. The molecule has 1 aliphatic heterocycles. The van der Waals surface area contributed by atoms with Gasteiger partial charge in [0.2, 0.25) is 5.91 Å². The standard InChI is InChI=1S/C10H16F3NO3/c1-7(8-3-2-4-17-8)14-9(15)5-16-6-10(11,12)13/h7-8H,2-6H2,1H3,(H,14,15)/t7-,8+/m0/s1. The molecule has 0 radical (unpaired) electrons. The van der Waals surface area contributed by atoms with Crippen LogP contribution in [0.4, 0.5) is 13.2 Å². The summed E-state index contributed by atoms with van der Waals surface area (Å²) < 4.78 is 44.8. The molecule has 0 aromatic carbocycles. The van der Waals surface area contributed by atoms with Gasteiger partial charge in [0.15, 0.2) is 0 Å². The van der Waals surface area contributed by atoms with E-state index in [1.54, 1.807) is 6.92 Å². The van der Waals surface area contributed by atoms with Crippen LogP contribution in [0, 0.1) is 0 Å². The summed E-state index contributed by atoms with van der Waals surface area (Å²) >= 11 is 0. The first-order valence-corrected chi connectivity index (χ1v) is 5.44. The highest BCUT2D eigenvalue weighted by Gasteiger charge is 2.28. The first-order valence-electron chi connectivity index (χ1n) is 5.44. The number of nitrogens with one attached hydrogen (secondary N) is 1. The highest BCUT2D eigenvalue weighted by molar-refractivity contribution is 5.77. The molecule has 0 aliphatic carbocycles. The quantitative estimate of drug-likeness (QED) is 0.804. The Labute approximate surface area is 97.5 Å².